The van der Waals surface area contributed by atoms with E-state index in [1.807, 2.05) is 0 Å². The van der Waals surface area contributed by atoms with E-state index in [0.29, 0.717) is 22.1 Å². The van der Waals surface area contributed by atoms with Gasteiger partial charge in [0.15, 0.2) is 0 Å². The van der Waals surface area contributed by atoms with Crippen LogP contribution in [-0.2, 0) is 4.43 Å². The molecule has 4 saturated carbocycles. The van der Waals surface area contributed by atoms with Crippen LogP contribution >= 0.6 is 15.9 Å². The van der Waals surface area contributed by atoms with E-state index in [0.717, 1.165) is 37.5 Å². The van der Waals surface area contributed by atoms with Gasteiger partial charge in [0, 0.05) is 10.9 Å². The van der Waals surface area contributed by atoms with Crippen molar-refractivity contribution in [3.8, 4) is 0 Å². The average molecular weight is 630 g/mol. The van der Waals surface area contributed by atoms with Gasteiger partial charge in [-0.15, -0.1) is 0 Å². The van der Waals surface area contributed by atoms with Gasteiger partial charge in [-0.25, -0.2) is 0 Å². The van der Waals surface area contributed by atoms with Crippen LogP contribution < -0.4 is 15.6 Å². The summed E-state index contributed by atoms with van der Waals surface area (Å²) in [5.74, 6) is 2.45. The number of hydrogen-bond acceptors (Lipinski definition) is 2. The third-order valence-corrected chi connectivity index (χ3v) is 18.0. The van der Waals surface area contributed by atoms with Gasteiger partial charge in [0.2, 0.25) is 0 Å². The van der Waals surface area contributed by atoms with Crippen molar-refractivity contribution in [3.05, 3.63) is 91.0 Å². The van der Waals surface area contributed by atoms with Crippen LogP contribution in [0.4, 0.5) is 0 Å². The fourth-order valence-corrected chi connectivity index (χ4v) is 15.2. The molecule has 4 fully saturated rings. The van der Waals surface area contributed by atoms with Crippen LogP contribution in [0.5, 0.6) is 0 Å². The average Bonchev–Trinajstić information content (AvgIpc) is 3.32. The summed E-state index contributed by atoms with van der Waals surface area (Å²) in [4.78, 5) is 0.639. The van der Waals surface area contributed by atoms with Crippen molar-refractivity contribution in [2.75, 3.05) is 0 Å². The third kappa shape index (κ3) is 4.46. The number of aliphatic hydroxyl groups is 1. The molecular formula is C37H45BrO2Si. The molecule has 0 bridgehead atoms. The smallest absolute Gasteiger partial charge is 0.288 e. The van der Waals surface area contributed by atoms with Crippen LogP contribution in [-0.4, -0.2) is 30.5 Å². The van der Waals surface area contributed by atoms with Crippen molar-refractivity contribution in [3.63, 3.8) is 0 Å². The second-order valence-electron chi connectivity index (χ2n) is 14.2. The number of rotatable bonds is 5. The number of aliphatic hydroxyl groups excluding tert-OH is 1. The summed E-state index contributed by atoms with van der Waals surface area (Å²) in [6.45, 7) is 5.08. The van der Waals surface area contributed by atoms with Crippen LogP contribution in [0.3, 0.4) is 0 Å². The quantitative estimate of drug-likeness (QED) is 0.191. The molecule has 0 spiro atoms. The first kappa shape index (κ1) is 28.1. The Labute approximate surface area is 256 Å². The molecule has 1 N–H and O–H groups in total. The highest BCUT2D eigenvalue weighted by atomic mass is 79.9. The lowest BCUT2D eigenvalue weighted by molar-refractivity contribution is -0.164. The predicted octanol–water partition coefficient (Wildman–Crippen LogP) is 6.82. The molecule has 9 atom stereocenters. The van der Waals surface area contributed by atoms with Crippen LogP contribution in [0.15, 0.2) is 91.0 Å². The third-order valence-electron chi connectivity index (χ3n) is 12.4. The normalized spacial score (nSPS) is 38.5. The maximum absolute atomic E-state index is 11.9. The summed E-state index contributed by atoms with van der Waals surface area (Å²) in [6, 6.07) is 32.9. The highest BCUT2D eigenvalue weighted by molar-refractivity contribution is 9.09. The Bertz CT molecular complexity index is 1240. The molecule has 3 aromatic rings. The Morgan fingerprint density at radius 2 is 1.17 bits per heavy atom. The first-order valence-electron chi connectivity index (χ1n) is 16.0. The standard InChI is InChI=1S/C37H45BrO2Si/c1-36-22-20-26(24-33(36)34(39)25-30-31-18-19-35(38)37(31,2)23-21-32(30)36)40-41(27-12-6-3-7-13-27,28-14-8-4-9-15-28)29-16-10-5-11-17-29/h3-17,26,30-35,39H,18-25H2,1-2H3/t26-,30+,31+,32+,33?,34+,35-,36-,37+/m1/s1. The summed E-state index contributed by atoms with van der Waals surface area (Å²) >= 11 is 4.07. The number of halogens is 1. The Morgan fingerprint density at radius 3 is 1.73 bits per heavy atom. The maximum Gasteiger partial charge on any atom is 0.288 e. The molecule has 4 aliphatic carbocycles. The molecule has 3 aromatic carbocycles. The van der Waals surface area contributed by atoms with Gasteiger partial charge in [0.25, 0.3) is 8.32 Å². The first-order valence-corrected chi connectivity index (χ1v) is 18.9. The summed E-state index contributed by atoms with van der Waals surface area (Å²) in [6.07, 6.45) is 9.36. The number of hydrogen-bond donors (Lipinski definition) is 1. The molecule has 0 saturated heterocycles. The summed E-state index contributed by atoms with van der Waals surface area (Å²) < 4.78 is 7.64. The van der Waals surface area contributed by atoms with Crippen LogP contribution in [0.25, 0.3) is 0 Å². The summed E-state index contributed by atoms with van der Waals surface area (Å²) in [5, 5.41) is 15.8. The highest BCUT2D eigenvalue weighted by Crippen LogP contribution is 2.67. The predicted molar refractivity (Wildman–Crippen MR) is 175 cm³/mol. The van der Waals surface area contributed by atoms with Crippen molar-refractivity contribution in [2.24, 2.45) is 34.5 Å². The minimum atomic E-state index is -2.77. The van der Waals surface area contributed by atoms with E-state index >= 15 is 0 Å². The molecule has 0 heterocycles. The molecule has 7 rings (SSSR count). The maximum atomic E-state index is 11.9. The minimum Gasteiger partial charge on any atom is -0.401 e. The van der Waals surface area contributed by atoms with Crippen LogP contribution in [0.1, 0.15) is 65.2 Å². The van der Waals surface area contributed by atoms with Gasteiger partial charge in [0.05, 0.1) is 6.10 Å². The van der Waals surface area contributed by atoms with E-state index in [1.165, 1.54) is 41.2 Å². The van der Waals surface area contributed by atoms with E-state index in [9.17, 15) is 5.11 Å². The zero-order valence-corrected chi connectivity index (χ0v) is 27.2. The lowest BCUT2D eigenvalue weighted by atomic mass is 9.44. The number of benzene rings is 3. The van der Waals surface area contributed by atoms with Gasteiger partial charge in [0.1, 0.15) is 0 Å². The Hall–Kier alpha value is -1.72. The molecule has 216 valence electrons. The van der Waals surface area contributed by atoms with Gasteiger partial charge in [-0.1, -0.05) is 121 Å². The van der Waals surface area contributed by atoms with Crippen molar-refractivity contribution in [1.29, 1.82) is 0 Å². The van der Waals surface area contributed by atoms with Gasteiger partial charge in [-0.2, -0.15) is 0 Å². The molecule has 1 unspecified atom stereocenters. The summed E-state index contributed by atoms with van der Waals surface area (Å²) in [7, 11) is -2.77. The molecule has 0 radical (unpaired) electrons. The van der Waals surface area contributed by atoms with Crippen LogP contribution in [0.2, 0.25) is 0 Å². The SMILES string of the molecule is C[C@]12CC[C@H]3[C@@H](C[C@H](O)C4C[C@H](O[Si](c5ccccc5)(c5ccccc5)c5ccccc5)CC[C@@]43C)[C@@H]1CC[C@H]2Br. The van der Waals surface area contributed by atoms with E-state index in [4.69, 9.17) is 4.43 Å². The molecule has 4 heteroatoms. The molecular weight excluding hydrogens is 584 g/mol. The topological polar surface area (TPSA) is 29.5 Å². The summed E-state index contributed by atoms with van der Waals surface area (Å²) in [5.41, 5.74) is 0.598. The van der Waals surface area contributed by atoms with Crippen LogP contribution in [0, 0.1) is 34.5 Å². The van der Waals surface area contributed by atoms with E-state index in [2.05, 4.69) is 121 Å². The molecule has 41 heavy (non-hydrogen) atoms. The second kappa shape index (κ2) is 10.8. The van der Waals surface area contributed by atoms with Gasteiger partial charge >= 0.3 is 0 Å². The first-order chi connectivity index (χ1) is 19.9. The minimum absolute atomic E-state index is 0.138. The highest BCUT2D eigenvalue weighted by Gasteiger charge is 2.62. The van der Waals surface area contributed by atoms with Gasteiger partial charge in [-0.05, 0) is 101 Å². The lowest BCUT2D eigenvalue weighted by Gasteiger charge is -2.62. The molecule has 2 nitrogen and oxygen atoms in total. The van der Waals surface area contributed by atoms with Crippen molar-refractivity contribution >= 4 is 39.8 Å². The van der Waals surface area contributed by atoms with E-state index in [-0.39, 0.29) is 17.6 Å². The zero-order chi connectivity index (χ0) is 28.2. The zero-order valence-electron chi connectivity index (χ0n) is 24.6. The molecule has 0 aromatic heterocycles. The van der Waals surface area contributed by atoms with Gasteiger partial charge in [-0.3, -0.25) is 0 Å². The second-order valence-corrected chi connectivity index (χ2v) is 18.6. The van der Waals surface area contributed by atoms with Crippen molar-refractivity contribution < 1.29 is 9.53 Å². The van der Waals surface area contributed by atoms with Crippen molar-refractivity contribution in [2.45, 2.75) is 82.2 Å². The Balaban J connectivity index is 1.23. The Kier molecular flexibility index (Phi) is 7.37. The fraction of sp³-hybridized carbons (Fsp3) is 0.514. The number of fused-ring (bicyclic) bond motifs is 5. The molecule has 0 aliphatic heterocycles. The van der Waals surface area contributed by atoms with Gasteiger partial charge < -0.3 is 9.53 Å². The molecule has 0 amide bonds. The Morgan fingerprint density at radius 1 is 0.659 bits per heavy atom. The fourth-order valence-electron chi connectivity index (χ4n) is 10.3. The lowest BCUT2D eigenvalue weighted by Crippen LogP contribution is -2.71. The molecule has 4 aliphatic rings. The van der Waals surface area contributed by atoms with Crippen molar-refractivity contribution in [1.82, 2.24) is 0 Å². The van der Waals surface area contributed by atoms with E-state index < -0.39 is 8.32 Å². The largest absolute Gasteiger partial charge is 0.401 e. The van der Waals surface area contributed by atoms with E-state index in [1.54, 1.807) is 0 Å². The number of alkyl halides is 1. The monoisotopic (exact) mass is 628 g/mol.